The van der Waals surface area contributed by atoms with E-state index in [4.69, 9.17) is 10.5 Å². The van der Waals surface area contributed by atoms with Crippen molar-refractivity contribution in [3.05, 3.63) is 0 Å². The predicted octanol–water partition coefficient (Wildman–Crippen LogP) is 1.33. The van der Waals surface area contributed by atoms with Gasteiger partial charge in [-0.05, 0) is 32.1 Å². The maximum absolute atomic E-state index is 12.2. The molecule has 0 spiro atoms. The molecule has 0 heterocycles. The number of hydrogen-bond acceptors (Lipinski definition) is 3. The summed E-state index contributed by atoms with van der Waals surface area (Å²) in [7, 11) is 1.72. The molecule has 2 fully saturated rings. The number of nitrogens with one attached hydrogen (secondary N) is 1. The molecule has 4 nitrogen and oxygen atoms in total. The molecule has 0 aromatic carbocycles. The molecule has 0 radical (unpaired) electrons. The highest BCUT2D eigenvalue weighted by atomic mass is 16.5. The van der Waals surface area contributed by atoms with Crippen LogP contribution in [0.5, 0.6) is 0 Å². The molecule has 2 atom stereocenters. The third-order valence-electron chi connectivity index (χ3n) is 4.27. The van der Waals surface area contributed by atoms with Gasteiger partial charge in [-0.1, -0.05) is 19.3 Å². The van der Waals surface area contributed by atoms with Crippen molar-refractivity contribution in [2.75, 3.05) is 7.11 Å². The number of hydrogen-bond donors (Lipinski definition) is 2. The van der Waals surface area contributed by atoms with Crippen LogP contribution in [0, 0.1) is 0 Å². The molecule has 3 N–H and O–H groups in total. The average Bonchev–Trinajstić information content (AvgIpc) is 2.77. The predicted molar refractivity (Wildman–Crippen MR) is 66.6 cm³/mol. The van der Waals surface area contributed by atoms with Crippen LogP contribution in [-0.4, -0.2) is 30.7 Å². The maximum atomic E-state index is 12.2. The summed E-state index contributed by atoms with van der Waals surface area (Å²) in [5, 5.41) is 3.10. The zero-order valence-electron chi connectivity index (χ0n) is 10.7. The first kappa shape index (κ1) is 12.8. The van der Waals surface area contributed by atoms with Crippen molar-refractivity contribution in [3.63, 3.8) is 0 Å². The molecule has 0 aromatic rings. The fraction of sp³-hybridized carbons (Fsp3) is 0.923. The van der Waals surface area contributed by atoms with E-state index in [1.54, 1.807) is 7.11 Å². The summed E-state index contributed by atoms with van der Waals surface area (Å²) in [5.41, 5.74) is 5.59. The van der Waals surface area contributed by atoms with Gasteiger partial charge in [-0.25, -0.2) is 0 Å². The first-order valence-electron chi connectivity index (χ1n) is 6.78. The molecule has 2 aliphatic carbocycles. The summed E-state index contributed by atoms with van der Waals surface area (Å²) in [4.78, 5) is 12.2. The monoisotopic (exact) mass is 240 g/mol. The zero-order chi connectivity index (χ0) is 12.3. The van der Waals surface area contributed by atoms with E-state index in [0.717, 1.165) is 44.9 Å². The zero-order valence-corrected chi connectivity index (χ0v) is 10.7. The highest BCUT2D eigenvalue weighted by Crippen LogP contribution is 2.27. The van der Waals surface area contributed by atoms with Crippen LogP contribution in [0.15, 0.2) is 0 Å². The minimum Gasteiger partial charge on any atom is -0.379 e. The normalized spacial score (nSPS) is 32.4. The Hall–Kier alpha value is -0.610. The Bertz CT molecular complexity index is 275. The molecule has 0 aliphatic heterocycles. The molecule has 4 heteroatoms. The topological polar surface area (TPSA) is 64.3 Å². The molecule has 2 aliphatic rings. The largest absolute Gasteiger partial charge is 0.379 e. The lowest BCUT2D eigenvalue weighted by molar-refractivity contribution is -0.129. The molecule has 0 aromatic heterocycles. The summed E-state index contributed by atoms with van der Waals surface area (Å²) in [6, 6.07) is 0.162. The van der Waals surface area contributed by atoms with Gasteiger partial charge in [-0.2, -0.15) is 0 Å². The third-order valence-corrected chi connectivity index (χ3v) is 4.27. The van der Waals surface area contributed by atoms with Crippen molar-refractivity contribution >= 4 is 5.91 Å². The molecule has 17 heavy (non-hydrogen) atoms. The summed E-state index contributed by atoms with van der Waals surface area (Å²) < 4.78 is 5.39. The van der Waals surface area contributed by atoms with Gasteiger partial charge in [-0.3, -0.25) is 4.79 Å². The van der Waals surface area contributed by atoms with Crippen molar-refractivity contribution in [1.29, 1.82) is 0 Å². The van der Waals surface area contributed by atoms with Crippen molar-refractivity contribution in [2.45, 2.75) is 69.1 Å². The summed E-state index contributed by atoms with van der Waals surface area (Å²) in [5.74, 6) is 0.0335. The number of carbonyl (C=O) groups excluding carboxylic acids is 1. The molecular weight excluding hydrogens is 216 g/mol. The van der Waals surface area contributed by atoms with Crippen LogP contribution >= 0.6 is 0 Å². The molecule has 1 amide bonds. The second-order valence-corrected chi connectivity index (χ2v) is 5.50. The SMILES string of the molecule is COC1CCCC1NC(=O)C1(N)CCCCC1. The second kappa shape index (κ2) is 5.36. The second-order valence-electron chi connectivity index (χ2n) is 5.50. The molecule has 2 rings (SSSR count). The Kier molecular flexibility index (Phi) is 4.05. The van der Waals surface area contributed by atoms with Crippen molar-refractivity contribution in [2.24, 2.45) is 5.73 Å². The van der Waals surface area contributed by atoms with Gasteiger partial charge < -0.3 is 15.8 Å². The van der Waals surface area contributed by atoms with Crippen LogP contribution < -0.4 is 11.1 Å². The Labute approximate surface area is 103 Å². The van der Waals surface area contributed by atoms with E-state index in [9.17, 15) is 4.79 Å². The van der Waals surface area contributed by atoms with E-state index in [1.807, 2.05) is 0 Å². The van der Waals surface area contributed by atoms with Gasteiger partial charge in [0.1, 0.15) is 0 Å². The van der Waals surface area contributed by atoms with Gasteiger partial charge in [0.25, 0.3) is 0 Å². The minimum atomic E-state index is -0.626. The Balaban J connectivity index is 1.91. The highest BCUT2D eigenvalue weighted by molar-refractivity contribution is 5.86. The van der Waals surface area contributed by atoms with Crippen LogP contribution in [0.3, 0.4) is 0 Å². The van der Waals surface area contributed by atoms with Crippen LogP contribution in [0.25, 0.3) is 0 Å². The summed E-state index contributed by atoms with van der Waals surface area (Å²) in [6.07, 6.45) is 8.35. The molecular formula is C13H24N2O2. The number of ether oxygens (including phenoxy) is 1. The number of carbonyl (C=O) groups is 1. The minimum absolute atomic E-state index is 0.0335. The fourth-order valence-electron chi connectivity index (χ4n) is 3.10. The van der Waals surface area contributed by atoms with Gasteiger partial charge in [-0.15, -0.1) is 0 Å². The first-order chi connectivity index (χ1) is 8.15. The van der Waals surface area contributed by atoms with Crippen LogP contribution in [0.2, 0.25) is 0 Å². The van der Waals surface area contributed by atoms with Gasteiger partial charge >= 0.3 is 0 Å². The maximum Gasteiger partial charge on any atom is 0.240 e. The highest BCUT2D eigenvalue weighted by Gasteiger charge is 2.38. The van der Waals surface area contributed by atoms with Gasteiger partial charge in [0.05, 0.1) is 17.7 Å². The van der Waals surface area contributed by atoms with E-state index < -0.39 is 5.54 Å². The summed E-state index contributed by atoms with van der Waals surface area (Å²) >= 11 is 0. The van der Waals surface area contributed by atoms with Crippen LogP contribution in [0.1, 0.15) is 51.4 Å². The van der Waals surface area contributed by atoms with E-state index in [2.05, 4.69) is 5.32 Å². The Morgan fingerprint density at radius 3 is 2.59 bits per heavy atom. The lowest BCUT2D eigenvalue weighted by Gasteiger charge is -2.33. The third kappa shape index (κ3) is 2.80. The molecule has 2 saturated carbocycles. The van der Waals surface area contributed by atoms with Gasteiger partial charge in [0, 0.05) is 7.11 Å². The fourth-order valence-corrected chi connectivity index (χ4v) is 3.10. The molecule has 0 bridgehead atoms. The lowest BCUT2D eigenvalue weighted by Crippen LogP contribution is -2.58. The Morgan fingerprint density at radius 1 is 1.24 bits per heavy atom. The van der Waals surface area contributed by atoms with E-state index >= 15 is 0 Å². The first-order valence-corrected chi connectivity index (χ1v) is 6.78. The Morgan fingerprint density at radius 2 is 1.94 bits per heavy atom. The molecule has 0 saturated heterocycles. The van der Waals surface area contributed by atoms with Crippen molar-refractivity contribution < 1.29 is 9.53 Å². The standard InChI is InChI=1S/C13H24N2O2/c1-17-11-7-5-6-10(11)15-12(16)13(14)8-3-2-4-9-13/h10-11H,2-9,14H2,1H3,(H,15,16). The van der Waals surface area contributed by atoms with E-state index in [-0.39, 0.29) is 18.1 Å². The van der Waals surface area contributed by atoms with Crippen LogP contribution in [-0.2, 0) is 9.53 Å². The number of nitrogens with two attached hydrogens (primary N) is 1. The van der Waals surface area contributed by atoms with E-state index in [0.29, 0.717) is 0 Å². The number of rotatable bonds is 3. The van der Waals surface area contributed by atoms with Crippen molar-refractivity contribution in [1.82, 2.24) is 5.32 Å². The van der Waals surface area contributed by atoms with Crippen molar-refractivity contribution in [3.8, 4) is 0 Å². The summed E-state index contributed by atoms with van der Waals surface area (Å²) in [6.45, 7) is 0. The average molecular weight is 240 g/mol. The van der Waals surface area contributed by atoms with Crippen LogP contribution in [0.4, 0.5) is 0 Å². The van der Waals surface area contributed by atoms with Gasteiger partial charge in [0.2, 0.25) is 5.91 Å². The number of methoxy groups -OCH3 is 1. The molecule has 98 valence electrons. The number of amides is 1. The van der Waals surface area contributed by atoms with E-state index in [1.165, 1.54) is 6.42 Å². The smallest absolute Gasteiger partial charge is 0.240 e. The van der Waals surface area contributed by atoms with Gasteiger partial charge in [0.15, 0.2) is 0 Å². The lowest BCUT2D eigenvalue weighted by atomic mass is 9.81. The molecule has 2 unspecified atom stereocenters. The quantitative estimate of drug-likeness (QED) is 0.782.